The molecule has 0 bridgehead atoms. The molecule has 2 aliphatic rings. The van der Waals surface area contributed by atoms with E-state index in [0.717, 1.165) is 38.2 Å². The van der Waals surface area contributed by atoms with Gasteiger partial charge in [0.1, 0.15) is 17.7 Å². The number of carbonyl (C=O) groups is 2. The summed E-state index contributed by atoms with van der Waals surface area (Å²) < 4.78 is 33.1. The maximum absolute atomic E-state index is 14.1. The molecule has 3 rings (SSSR count). The molecule has 1 aromatic carbocycles. The maximum Gasteiger partial charge on any atom is 0.242 e. The summed E-state index contributed by atoms with van der Waals surface area (Å²) in [6, 6.07) is 3.11. The van der Waals surface area contributed by atoms with E-state index in [2.05, 4.69) is 15.5 Å². The Morgan fingerprint density at radius 2 is 1.85 bits per heavy atom. The third-order valence-electron chi connectivity index (χ3n) is 7.44. The predicted molar refractivity (Wildman–Crippen MR) is 127 cm³/mol. The monoisotopic (exact) mass is 479 g/mol. The molecular formula is C26H39F2N3O3. The molecule has 0 aliphatic carbocycles. The molecule has 190 valence electrons. The molecule has 2 saturated heterocycles. The van der Waals surface area contributed by atoms with Gasteiger partial charge in [0, 0.05) is 37.9 Å². The van der Waals surface area contributed by atoms with Crippen molar-refractivity contribution >= 4 is 11.8 Å². The Balaban J connectivity index is 1.72. The van der Waals surface area contributed by atoms with Gasteiger partial charge in [0.05, 0.1) is 5.41 Å². The van der Waals surface area contributed by atoms with Gasteiger partial charge >= 0.3 is 0 Å². The number of hydrogen-bond donors (Lipinski definition) is 2. The second-order valence-electron chi connectivity index (χ2n) is 9.84. The van der Waals surface area contributed by atoms with Crippen LogP contribution >= 0.6 is 0 Å². The first-order valence-electron chi connectivity index (χ1n) is 12.7. The van der Waals surface area contributed by atoms with Crippen LogP contribution in [0.25, 0.3) is 0 Å². The summed E-state index contributed by atoms with van der Waals surface area (Å²) in [7, 11) is 0. The summed E-state index contributed by atoms with van der Waals surface area (Å²) in [6.45, 7) is 7.46. The molecule has 0 unspecified atom stereocenters. The lowest BCUT2D eigenvalue weighted by atomic mass is 9.73. The van der Waals surface area contributed by atoms with Gasteiger partial charge in [0.15, 0.2) is 0 Å². The van der Waals surface area contributed by atoms with Crippen LogP contribution in [0.1, 0.15) is 64.4 Å². The minimum absolute atomic E-state index is 0.0201. The van der Waals surface area contributed by atoms with Crippen molar-refractivity contribution in [2.45, 2.75) is 71.4 Å². The van der Waals surface area contributed by atoms with Gasteiger partial charge in [-0.15, -0.1) is 0 Å². The number of piperidine rings is 1. The Labute approximate surface area is 201 Å². The smallest absolute Gasteiger partial charge is 0.242 e. The fourth-order valence-electron chi connectivity index (χ4n) is 4.88. The quantitative estimate of drug-likeness (QED) is 0.690. The number of nitrogens with zero attached hydrogens (tertiary/aromatic N) is 1. The van der Waals surface area contributed by atoms with E-state index >= 15 is 0 Å². The number of nitrogens with one attached hydrogen (secondary N) is 2. The highest BCUT2D eigenvalue weighted by atomic mass is 19.1. The molecular weight excluding hydrogens is 440 g/mol. The molecule has 2 fully saturated rings. The number of hydrogen-bond acceptors (Lipinski definition) is 4. The number of carbonyl (C=O) groups excluding carboxylic acids is 2. The van der Waals surface area contributed by atoms with Crippen molar-refractivity contribution in [3.05, 3.63) is 35.4 Å². The molecule has 6 nitrogen and oxygen atoms in total. The van der Waals surface area contributed by atoms with E-state index in [1.165, 1.54) is 12.1 Å². The van der Waals surface area contributed by atoms with Gasteiger partial charge in [0.2, 0.25) is 11.8 Å². The van der Waals surface area contributed by atoms with Gasteiger partial charge in [-0.05, 0) is 57.2 Å². The Bertz CT molecular complexity index is 828. The Kier molecular flexibility index (Phi) is 9.83. The van der Waals surface area contributed by atoms with Crippen LogP contribution in [-0.4, -0.2) is 55.6 Å². The fourth-order valence-corrected chi connectivity index (χ4v) is 4.88. The Hall–Kier alpha value is -2.06. The van der Waals surface area contributed by atoms with Crippen molar-refractivity contribution < 1.29 is 23.1 Å². The number of benzene rings is 1. The number of amides is 2. The SMILES string of the molecule is CC[C@H](C)[C@@H]1NC(=O)C2(CCCCOCCCNC1=O)CCN(Cc1ccc(F)cc1F)CC2. The van der Waals surface area contributed by atoms with Crippen LogP contribution in [0.15, 0.2) is 18.2 Å². The molecule has 1 spiro atoms. The van der Waals surface area contributed by atoms with Crippen LogP contribution < -0.4 is 10.6 Å². The van der Waals surface area contributed by atoms with E-state index in [-0.39, 0.29) is 17.7 Å². The van der Waals surface area contributed by atoms with E-state index in [1.54, 1.807) is 0 Å². The molecule has 8 heteroatoms. The molecule has 2 N–H and O–H groups in total. The molecule has 2 heterocycles. The summed E-state index contributed by atoms with van der Waals surface area (Å²) in [5.74, 6) is -1.30. The van der Waals surface area contributed by atoms with Gasteiger partial charge in [-0.2, -0.15) is 0 Å². The molecule has 0 aromatic heterocycles. The topological polar surface area (TPSA) is 70.7 Å². The van der Waals surface area contributed by atoms with Crippen molar-refractivity contribution in [3.63, 3.8) is 0 Å². The number of halogens is 2. The average Bonchev–Trinajstić information content (AvgIpc) is 2.83. The van der Waals surface area contributed by atoms with E-state index in [4.69, 9.17) is 4.74 Å². The minimum Gasteiger partial charge on any atom is -0.381 e. The Morgan fingerprint density at radius 3 is 2.56 bits per heavy atom. The average molecular weight is 480 g/mol. The highest BCUT2D eigenvalue weighted by Crippen LogP contribution is 2.38. The zero-order valence-corrected chi connectivity index (χ0v) is 20.5. The van der Waals surface area contributed by atoms with Crippen molar-refractivity contribution in [2.24, 2.45) is 11.3 Å². The normalized spacial score (nSPS) is 24.2. The van der Waals surface area contributed by atoms with Gasteiger partial charge in [-0.3, -0.25) is 14.5 Å². The summed E-state index contributed by atoms with van der Waals surface area (Å²) >= 11 is 0. The maximum atomic E-state index is 14.1. The van der Waals surface area contributed by atoms with Crippen LogP contribution in [0, 0.1) is 23.0 Å². The lowest BCUT2D eigenvalue weighted by Gasteiger charge is -2.42. The predicted octanol–water partition coefficient (Wildman–Crippen LogP) is 3.78. The Morgan fingerprint density at radius 1 is 1.12 bits per heavy atom. The van der Waals surface area contributed by atoms with Crippen molar-refractivity contribution in [2.75, 3.05) is 32.8 Å². The third-order valence-corrected chi connectivity index (χ3v) is 7.44. The summed E-state index contributed by atoms with van der Waals surface area (Å²) in [5.41, 5.74) is -0.105. The molecule has 0 saturated carbocycles. The highest BCUT2D eigenvalue weighted by Gasteiger charge is 2.42. The summed E-state index contributed by atoms with van der Waals surface area (Å²) in [5, 5.41) is 6.06. The fraction of sp³-hybridized carbons (Fsp3) is 0.692. The minimum atomic E-state index is -0.584. The summed E-state index contributed by atoms with van der Waals surface area (Å²) in [6.07, 6.45) is 5.30. The largest absolute Gasteiger partial charge is 0.381 e. The highest BCUT2D eigenvalue weighted by molar-refractivity contribution is 5.90. The van der Waals surface area contributed by atoms with Crippen molar-refractivity contribution in [1.29, 1.82) is 0 Å². The molecule has 2 aliphatic heterocycles. The first-order valence-corrected chi connectivity index (χ1v) is 12.7. The number of likely N-dealkylation sites (tertiary alicyclic amines) is 1. The van der Waals surface area contributed by atoms with Gasteiger partial charge < -0.3 is 15.4 Å². The van der Waals surface area contributed by atoms with E-state index in [9.17, 15) is 18.4 Å². The van der Waals surface area contributed by atoms with E-state index in [0.29, 0.717) is 57.8 Å². The number of rotatable bonds is 4. The van der Waals surface area contributed by atoms with Gasteiger partial charge in [-0.25, -0.2) is 8.78 Å². The first-order chi connectivity index (χ1) is 16.3. The number of ether oxygens (including phenoxy) is 1. The van der Waals surface area contributed by atoms with Crippen LogP contribution in [0.2, 0.25) is 0 Å². The van der Waals surface area contributed by atoms with Gasteiger partial charge in [-0.1, -0.05) is 32.8 Å². The van der Waals surface area contributed by atoms with E-state index in [1.807, 2.05) is 13.8 Å². The van der Waals surface area contributed by atoms with Gasteiger partial charge in [0.25, 0.3) is 0 Å². The lowest BCUT2D eigenvalue weighted by Crippen LogP contribution is -2.56. The molecule has 2 atom stereocenters. The van der Waals surface area contributed by atoms with Crippen LogP contribution in [0.3, 0.4) is 0 Å². The third kappa shape index (κ3) is 6.98. The standard InChI is InChI=1S/C26H39F2N3O3/c1-3-19(2)23-24(32)29-12-6-16-34-15-5-4-9-26(25(33)30-23)10-13-31(14-11-26)18-20-7-8-21(27)17-22(20)28/h7-8,17,19,23H,3-6,9-16,18H2,1-2H3,(H,29,32)(H,30,33)/t19-,23-/m0/s1. The molecule has 34 heavy (non-hydrogen) atoms. The van der Waals surface area contributed by atoms with E-state index < -0.39 is 23.1 Å². The van der Waals surface area contributed by atoms with Crippen molar-refractivity contribution in [1.82, 2.24) is 15.5 Å². The first kappa shape index (κ1) is 26.5. The van der Waals surface area contributed by atoms with Crippen LogP contribution in [0.5, 0.6) is 0 Å². The lowest BCUT2D eigenvalue weighted by molar-refractivity contribution is -0.139. The molecule has 0 radical (unpaired) electrons. The second kappa shape index (κ2) is 12.6. The van der Waals surface area contributed by atoms with Crippen LogP contribution in [0.4, 0.5) is 8.78 Å². The summed E-state index contributed by atoms with van der Waals surface area (Å²) in [4.78, 5) is 28.6. The molecule has 2 amide bonds. The zero-order valence-electron chi connectivity index (χ0n) is 20.5. The second-order valence-corrected chi connectivity index (χ2v) is 9.84. The van der Waals surface area contributed by atoms with Crippen molar-refractivity contribution in [3.8, 4) is 0 Å². The zero-order chi connectivity index (χ0) is 24.6. The molecule has 1 aromatic rings. The van der Waals surface area contributed by atoms with Crippen LogP contribution in [-0.2, 0) is 20.9 Å².